The van der Waals surface area contributed by atoms with Crippen LogP contribution in [0.5, 0.6) is 0 Å². The first kappa shape index (κ1) is 18.0. The first-order valence-electron chi connectivity index (χ1n) is 6.93. The molecule has 0 aromatic carbocycles. The summed E-state index contributed by atoms with van der Waals surface area (Å²) in [6, 6.07) is 1.61. The fourth-order valence-electron chi connectivity index (χ4n) is 1.73. The first-order valence-corrected chi connectivity index (χ1v) is 7.40. The number of nitrogens with one attached hydrogen (secondary N) is 1. The van der Waals surface area contributed by atoms with Crippen LogP contribution in [0.1, 0.15) is 51.9 Å². The third-order valence-corrected chi connectivity index (χ3v) is 2.81. The van der Waals surface area contributed by atoms with E-state index in [0.29, 0.717) is 25.2 Å². The van der Waals surface area contributed by atoms with E-state index in [-0.39, 0.29) is 6.42 Å². The molecule has 1 N–H and O–H groups in total. The Hall–Kier alpha value is -2.08. The van der Waals surface area contributed by atoms with Crippen LogP contribution in [0, 0.1) is 11.3 Å². The maximum atomic E-state index is 12.0. The molecule has 22 heavy (non-hydrogen) atoms. The Morgan fingerprint density at radius 1 is 1.59 bits per heavy atom. The minimum atomic E-state index is -0.592. The zero-order valence-electron chi connectivity index (χ0n) is 12.9. The van der Waals surface area contributed by atoms with Gasteiger partial charge in [0.05, 0.1) is 25.1 Å². The molecular formula is C13H20N6O2S. The van der Waals surface area contributed by atoms with Gasteiger partial charge in [-0.15, -0.1) is 5.10 Å². The molecule has 1 rings (SSSR count). The molecule has 1 amide bonds. The van der Waals surface area contributed by atoms with E-state index in [9.17, 15) is 4.79 Å². The summed E-state index contributed by atoms with van der Waals surface area (Å²) in [4.78, 5) is 12.0. The monoisotopic (exact) mass is 324 g/mol. The van der Waals surface area contributed by atoms with E-state index in [1.807, 2.05) is 6.07 Å². The molecule has 0 aliphatic carbocycles. The van der Waals surface area contributed by atoms with Crippen molar-refractivity contribution in [2.24, 2.45) is 0 Å². The quantitative estimate of drug-likeness (QED) is 0.764. The molecular weight excluding hydrogens is 304 g/mol. The summed E-state index contributed by atoms with van der Waals surface area (Å²) >= 11 is 4.83. The Labute approximate surface area is 134 Å². The molecule has 1 heterocycles. The Balaban J connectivity index is 2.84. The highest BCUT2D eigenvalue weighted by Crippen LogP contribution is 2.17. The minimum absolute atomic E-state index is 0.282. The van der Waals surface area contributed by atoms with Crippen molar-refractivity contribution in [2.45, 2.75) is 58.2 Å². The predicted octanol–water partition coefficient (Wildman–Crippen LogP) is 1.93. The van der Waals surface area contributed by atoms with Gasteiger partial charge < -0.3 is 10.1 Å². The number of thiocarbonyl (C=S) groups is 1. The fourth-order valence-corrected chi connectivity index (χ4v) is 1.86. The summed E-state index contributed by atoms with van der Waals surface area (Å²) in [5.74, 6) is 0.484. The Kier molecular flexibility index (Phi) is 6.85. The average Bonchev–Trinajstić information content (AvgIpc) is 2.87. The van der Waals surface area contributed by atoms with Crippen LogP contribution < -0.4 is 5.32 Å². The third kappa shape index (κ3) is 6.13. The molecule has 120 valence electrons. The van der Waals surface area contributed by atoms with E-state index in [1.165, 1.54) is 4.68 Å². The first-order chi connectivity index (χ1) is 10.4. The van der Waals surface area contributed by atoms with Gasteiger partial charge in [0.1, 0.15) is 5.60 Å². The molecule has 0 fully saturated rings. The van der Waals surface area contributed by atoms with Gasteiger partial charge in [0.15, 0.2) is 5.82 Å². The Bertz CT molecular complexity index is 545. The zero-order valence-corrected chi connectivity index (χ0v) is 13.8. The zero-order chi connectivity index (χ0) is 16.6. The highest BCUT2D eigenvalue weighted by Gasteiger charge is 2.24. The molecule has 1 aromatic rings. The van der Waals surface area contributed by atoms with Gasteiger partial charge in [0.25, 0.3) is 0 Å². The van der Waals surface area contributed by atoms with Crippen molar-refractivity contribution in [1.29, 1.82) is 5.26 Å². The van der Waals surface area contributed by atoms with Gasteiger partial charge >= 0.3 is 6.09 Å². The van der Waals surface area contributed by atoms with E-state index < -0.39 is 17.7 Å². The van der Waals surface area contributed by atoms with E-state index in [2.05, 4.69) is 20.8 Å². The predicted molar refractivity (Wildman–Crippen MR) is 83.0 cm³/mol. The number of alkyl carbamates (subject to hydrolysis) is 1. The average molecular weight is 324 g/mol. The topological polar surface area (TPSA) is 106 Å². The van der Waals surface area contributed by atoms with Gasteiger partial charge in [-0.2, -0.15) is 5.26 Å². The van der Waals surface area contributed by atoms with E-state index in [1.54, 1.807) is 26.1 Å². The molecule has 8 nitrogen and oxygen atoms in total. The molecule has 1 atom stereocenters. The molecule has 0 radical (unpaired) electrons. The van der Waals surface area contributed by atoms with Gasteiger partial charge in [-0.1, -0.05) is 12.2 Å². The highest BCUT2D eigenvalue weighted by atomic mass is 32.1. The lowest BCUT2D eigenvalue weighted by Crippen LogP contribution is -2.36. The Morgan fingerprint density at radius 3 is 2.91 bits per heavy atom. The van der Waals surface area contributed by atoms with E-state index in [0.717, 1.165) is 0 Å². The van der Waals surface area contributed by atoms with Crippen molar-refractivity contribution in [3.05, 3.63) is 5.82 Å². The molecule has 0 spiro atoms. The number of nitrogens with zero attached hydrogens (tertiary/aromatic N) is 5. The maximum Gasteiger partial charge on any atom is 0.408 e. The number of aromatic nitrogens is 4. The summed E-state index contributed by atoms with van der Waals surface area (Å²) in [5.41, 5.74) is -0.592. The van der Waals surface area contributed by atoms with Crippen molar-refractivity contribution in [2.75, 3.05) is 0 Å². The van der Waals surface area contributed by atoms with Crippen LogP contribution in [0.3, 0.4) is 0 Å². The van der Waals surface area contributed by atoms with Crippen LogP contribution in [-0.4, -0.2) is 37.3 Å². The van der Waals surface area contributed by atoms with E-state index in [4.69, 9.17) is 22.2 Å². The van der Waals surface area contributed by atoms with Crippen molar-refractivity contribution in [3.8, 4) is 6.07 Å². The molecule has 0 aliphatic rings. The number of hydrogen-bond donors (Lipinski definition) is 1. The smallest absolute Gasteiger partial charge is 0.408 e. The number of tetrazole rings is 1. The van der Waals surface area contributed by atoms with Crippen molar-refractivity contribution < 1.29 is 9.53 Å². The molecule has 0 bridgehead atoms. The number of ether oxygens (including phenoxy) is 1. The number of amides is 1. The van der Waals surface area contributed by atoms with Crippen LogP contribution >= 0.6 is 12.2 Å². The largest absolute Gasteiger partial charge is 0.444 e. The summed E-state index contributed by atoms with van der Waals surface area (Å²) in [7, 11) is 0. The number of carbonyl (C=O) groups is 1. The molecule has 0 saturated heterocycles. The second kappa shape index (κ2) is 8.38. The SMILES string of the molecule is CC(C)(C)OC(=O)NC(CCC=S)c1nnnn1CCC#N. The summed E-state index contributed by atoms with van der Waals surface area (Å²) in [6.45, 7) is 5.73. The molecule has 1 aromatic heterocycles. The number of aryl methyl sites for hydroxylation is 1. The number of nitriles is 1. The molecule has 9 heteroatoms. The summed E-state index contributed by atoms with van der Waals surface area (Å²) in [6.07, 6.45) is 0.901. The second-order valence-electron chi connectivity index (χ2n) is 5.61. The normalized spacial score (nSPS) is 12.3. The lowest BCUT2D eigenvalue weighted by atomic mass is 10.1. The van der Waals surface area contributed by atoms with Gasteiger partial charge in [-0.25, -0.2) is 9.48 Å². The van der Waals surface area contributed by atoms with Gasteiger partial charge in [-0.3, -0.25) is 0 Å². The van der Waals surface area contributed by atoms with Crippen LogP contribution in [0.2, 0.25) is 0 Å². The lowest BCUT2D eigenvalue weighted by Gasteiger charge is -2.23. The van der Waals surface area contributed by atoms with Crippen LogP contribution in [0.4, 0.5) is 4.79 Å². The fraction of sp³-hybridized carbons (Fsp3) is 0.692. The van der Waals surface area contributed by atoms with Crippen LogP contribution in [0.15, 0.2) is 0 Å². The third-order valence-electron chi connectivity index (χ3n) is 2.57. The van der Waals surface area contributed by atoms with Crippen LogP contribution in [-0.2, 0) is 11.3 Å². The van der Waals surface area contributed by atoms with Crippen molar-refractivity contribution in [3.63, 3.8) is 0 Å². The molecule has 0 aliphatic heterocycles. The lowest BCUT2D eigenvalue weighted by molar-refractivity contribution is 0.0498. The van der Waals surface area contributed by atoms with Gasteiger partial charge in [0.2, 0.25) is 0 Å². The number of hydrogen-bond acceptors (Lipinski definition) is 7. The van der Waals surface area contributed by atoms with E-state index >= 15 is 0 Å². The highest BCUT2D eigenvalue weighted by molar-refractivity contribution is 7.78. The molecule has 1 unspecified atom stereocenters. The standard InChI is InChI=1S/C13H20N6O2S/c1-13(2,3)21-12(20)15-10(6-4-9-22)11-16-17-18-19(11)8-5-7-14/h9-10H,4-6,8H2,1-3H3,(H,15,20). The van der Waals surface area contributed by atoms with Crippen molar-refractivity contribution in [1.82, 2.24) is 25.5 Å². The number of carbonyl (C=O) groups excluding carboxylic acids is 1. The van der Waals surface area contributed by atoms with Crippen LogP contribution in [0.25, 0.3) is 0 Å². The second-order valence-corrected chi connectivity index (χ2v) is 5.94. The minimum Gasteiger partial charge on any atom is -0.444 e. The molecule has 0 saturated carbocycles. The maximum absolute atomic E-state index is 12.0. The Morgan fingerprint density at radius 2 is 2.32 bits per heavy atom. The van der Waals surface area contributed by atoms with Crippen molar-refractivity contribution >= 4 is 23.7 Å². The van der Waals surface area contributed by atoms with Gasteiger partial charge in [0, 0.05) is 0 Å². The summed E-state index contributed by atoms with van der Waals surface area (Å²) in [5, 5.41) is 24.4. The number of rotatable bonds is 7. The summed E-state index contributed by atoms with van der Waals surface area (Å²) < 4.78 is 6.76. The van der Waals surface area contributed by atoms with Gasteiger partial charge in [-0.05, 0) is 49.4 Å².